The van der Waals surface area contributed by atoms with E-state index in [4.69, 9.17) is 73.1 Å². The molecular formula is C105H177Cl3F15O14Rf5Si5-5. The molecule has 20 rings (SSSR count). The third kappa shape index (κ3) is 26.4. The van der Waals surface area contributed by atoms with Gasteiger partial charge in [-0.1, -0.05) is 156 Å². The van der Waals surface area contributed by atoms with E-state index >= 15 is 0 Å². The molecule has 5 N–H and O–H groups in total. The monoisotopic (exact) mass is 3530 g/mol. The maximum Gasteiger partial charge on any atom is 0.497 e. The Balaban J connectivity index is 0.000000257. The van der Waals surface area contributed by atoms with Crippen LogP contribution in [-0.4, -0.2) is 159 Å². The predicted octanol–water partition coefficient (Wildman–Crippen LogP) is 31.6. The Morgan fingerprint density at radius 2 is 0.469 bits per heavy atom. The van der Waals surface area contributed by atoms with Crippen LogP contribution in [0.15, 0.2) is 0 Å². The fraction of sp³-hybridized carbons (Fsp3) is 0.952. The molecule has 0 aliphatic heterocycles. The van der Waals surface area contributed by atoms with Gasteiger partial charge in [0.25, 0.3) is 30.9 Å². The van der Waals surface area contributed by atoms with Crippen molar-refractivity contribution in [3.8, 4) is 0 Å². The summed E-state index contributed by atoms with van der Waals surface area (Å²) in [5.41, 5.74) is 2.85. The fourth-order valence-corrected chi connectivity index (χ4v) is 40.9. The van der Waals surface area contributed by atoms with Crippen LogP contribution < -0.4 is 0 Å². The van der Waals surface area contributed by atoms with Crippen molar-refractivity contribution in [3.63, 3.8) is 0 Å². The summed E-state index contributed by atoms with van der Waals surface area (Å²) in [7, 11) is 2.29. The topological polar surface area (TPSA) is 184 Å². The standard InChI is InChI=1S/5C17H24F3O.C7H18O3Si.2C4H12O3Si.C4H12Si.CH3Cl3Si.5Rf/c3*1-15-3-4-16(2,8-15)14-11-6-10(13(14)15)5-9(11)7-12(21)17(18,19)20;2*1-15-7-11(6-12(21)17(18,19)20)16(2,8-15)14-10-4-3-9(5-10)13(14)15;1-5-8-11(4,9-6-2)10-7-3;2*1-5-8(4,6-2)7-3;2*1-5(2,3)4;;;;;/h5*9-11,13-14,21H,3-8H2,1-2H3;5-7H2,1-4H3;2*1-4H3;1-4H3;1H3;;;;;/q5*-1;;;;;;;;;;. The Morgan fingerprint density at radius 1 is 0.279 bits per heavy atom. The SMILES string of the molecule is CC12CC(C[C-](O)C(F)(F)F)C(C)(C1)C1C3CCC(C3)C12.CC12CC(C[C-](O)C(F)(F)F)C(C)(C1)C1C3CCC(C3)C12.CC12CCC(C)(C1)C1C3CC(CC3C[C-](O)C(F)(F)F)C12.CC12CCC(C)(C1)C1C3CC(CC3C[C-](O)C(F)(F)F)C12.CC12CCC(C)(C1)C1C3CC(CC3C[C-](O)C(F)(F)F)C12.CCO[Si](C)(OCC)OCC.CO[Si](C)(OC)OC.CO[Si](C)(OC)OC.C[Si](C)(C)C.C[Si](Cl)(Cl)Cl.[Rf].[Rf].[Rf].[Rf].[Rf]. The molecule has 842 valence electrons. The van der Waals surface area contributed by atoms with Crippen LogP contribution in [0.25, 0.3) is 0 Å². The molecule has 20 aliphatic rings. The molecule has 42 heteroatoms. The third-order valence-corrected chi connectivity index (χ3v) is 48.5. The summed E-state index contributed by atoms with van der Waals surface area (Å²) >= 11 is 15.6. The Kier molecular flexibility index (Phi) is 40.5. The van der Waals surface area contributed by atoms with Crippen molar-refractivity contribution < 1.29 is 131 Å². The summed E-state index contributed by atoms with van der Waals surface area (Å²) in [6, 6.07) is -2.19. The van der Waals surface area contributed by atoms with E-state index in [1.54, 1.807) is 49.2 Å². The van der Waals surface area contributed by atoms with Crippen LogP contribution in [0.5, 0.6) is 0 Å². The van der Waals surface area contributed by atoms with Gasteiger partial charge < -0.3 is 65.4 Å². The minimum atomic E-state index is -4.55. The van der Waals surface area contributed by atoms with Gasteiger partial charge in [-0.2, -0.15) is 0 Å². The molecule has 0 aromatic carbocycles. The summed E-state index contributed by atoms with van der Waals surface area (Å²) in [6.45, 7) is 47.7. The number of rotatable bonds is 22. The maximum atomic E-state index is 12.7. The van der Waals surface area contributed by atoms with Crippen LogP contribution >= 0.6 is 33.2 Å². The van der Waals surface area contributed by atoms with Crippen molar-refractivity contribution in [2.45, 2.75) is 366 Å². The summed E-state index contributed by atoms with van der Waals surface area (Å²) in [6.07, 6.45) is -0.592. The molecule has 0 radical (unpaired) electrons. The molecule has 0 aromatic heterocycles. The molecule has 147 heavy (non-hydrogen) atoms. The molecule has 20 bridgehead atoms. The normalized spacial score (nSPS) is 42.1. The zero-order valence-electron chi connectivity index (χ0n) is 93.5. The molecule has 0 heterocycles. The Labute approximate surface area is 860 Å². The summed E-state index contributed by atoms with van der Waals surface area (Å²) in [5.74, 6) is 13.1. The van der Waals surface area contributed by atoms with Crippen LogP contribution in [0.1, 0.15) is 283 Å². The van der Waals surface area contributed by atoms with Crippen molar-refractivity contribution in [1.29, 1.82) is 0 Å². The zero-order valence-corrected chi connectivity index (χ0v) is 133. The number of aliphatic hydroxyl groups is 5. The second-order valence-electron chi connectivity index (χ2n) is 53.0. The predicted molar refractivity (Wildman–Crippen MR) is 533 cm³/mol. The minimum Gasteiger partial charge on any atom is -0.554 e. The molecule has 20 fully saturated rings. The van der Waals surface area contributed by atoms with E-state index in [2.05, 4.69) is 95.4 Å². The Bertz CT molecular complexity index is 3790. The van der Waals surface area contributed by atoms with Crippen molar-refractivity contribution in [2.75, 3.05) is 62.5 Å². The average molecular weight is 3530 g/mol. The zero-order chi connectivity index (χ0) is 107. The van der Waals surface area contributed by atoms with Crippen molar-refractivity contribution in [2.24, 2.45) is 202 Å². The first-order valence-corrected chi connectivity index (χ1v) is 69.4. The smallest absolute Gasteiger partial charge is 0.497 e. The van der Waals surface area contributed by atoms with E-state index in [1.807, 2.05) is 40.4 Å². The van der Waals surface area contributed by atoms with Gasteiger partial charge in [0.2, 0.25) is 0 Å². The number of aliphatic hydroxyl groups excluding tert-OH is 5. The van der Waals surface area contributed by atoms with Gasteiger partial charge in [-0.3, -0.25) is 0 Å². The molecule has 35 unspecified atom stereocenters. The minimum absolute atomic E-state index is 0. The van der Waals surface area contributed by atoms with Gasteiger partial charge in [0.05, 0.1) is 0 Å². The van der Waals surface area contributed by atoms with Crippen LogP contribution in [0.3, 0.4) is 0 Å². The molecule has 20 aliphatic carbocycles. The molecule has 0 saturated heterocycles. The largest absolute Gasteiger partial charge is 0.554 e. The van der Waals surface area contributed by atoms with Crippen molar-refractivity contribution >= 4 is 73.7 Å². The second kappa shape index (κ2) is 45.5. The van der Waals surface area contributed by atoms with Gasteiger partial charge >= 0.3 is 32.4 Å². The van der Waals surface area contributed by atoms with Crippen molar-refractivity contribution in [3.05, 3.63) is 30.5 Å². The summed E-state index contributed by atoms with van der Waals surface area (Å²) < 4.78 is 235. The average Bonchev–Trinajstić information content (AvgIpc) is 1.59. The van der Waals surface area contributed by atoms with E-state index in [0.29, 0.717) is 117 Å². The molecule has 20 saturated carbocycles. The van der Waals surface area contributed by atoms with Crippen LogP contribution in [0, 0.1) is 233 Å². The first-order valence-electron chi connectivity index (χ1n) is 53.2. The maximum absolute atomic E-state index is 12.7. The first-order chi connectivity index (χ1) is 64.8. The third-order valence-electron chi connectivity index (χ3n) is 41.6. The molecule has 0 amide bonds. The Morgan fingerprint density at radius 3 is 0.660 bits per heavy atom. The summed E-state index contributed by atoms with van der Waals surface area (Å²) in [5, 5.41) is 46.9. The van der Waals surface area contributed by atoms with E-state index in [0.717, 1.165) is 117 Å². The van der Waals surface area contributed by atoms with Gasteiger partial charge in [0, 0.05) is 90.2 Å². The second-order valence-corrected chi connectivity index (χ2v) is 77.6. The van der Waals surface area contributed by atoms with Crippen LogP contribution in [-0.2, 0) is 39.8 Å². The molecular weight excluding hydrogens is 3350 g/mol. The number of halogens is 18. The number of fused-ring (bicyclic) bond motifs is 45. The first kappa shape index (κ1) is 131. The van der Waals surface area contributed by atoms with E-state index in [1.165, 1.54) is 96.3 Å². The van der Waals surface area contributed by atoms with Crippen LogP contribution in [0.2, 0.25) is 52.4 Å². The molecule has 0 aromatic rings. The molecule has 35 atom stereocenters. The fourth-order valence-electron chi connectivity index (χ4n) is 38.1. The van der Waals surface area contributed by atoms with Gasteiger partial charge in [-0.15, -0.1) is 65.3 Å². The van der Waals surface area contributed by atoms with Gasteiger partial charge in [0.15, 0.2) is 0 Å². The molecule has 0 spiro atoms. The Hall–Kier alpha value is -4.66. The van der Waals surface area contributed by atoms with E-state index in [-0.39, 0.29) is 83.4 Å². The van der Waals surface area contributed by atoms with Gasteiger partial charge in [-0.05, 0) is 360 Å². The number of alkyl halides is 15. The number of hydrogen-bond donors (Lipinski definition) is 5. The van der Waals surface area contributed by atoms with Crippen molar-refractivity contribution in [1.82, 2.24) is 0 Å². The van der Waals surface area contributed by atoms with Gasteiger partial charge in [0.1, 0.15) is 0 Å². The summed E-state index contributed by atoms with van der Waals surface area (Å²) in [4.78, 5) is 0. The van der Waals surface area contributed by atoms with Crippen LogP contribution in [0.4, 0.5) is 65.9 Å². The van der Waals surface area contributed by atoms with E-state index in [9.17, 15) is 91.4 Å². The van der Waals surface area contributed by atoms with E-state index < -0.39 is 102 Å². The number of hydrogen-bond acceptors (Lipinski definition) is 14. The molecule has 14 nitrogen and oxygen atoms in total. The van der Waals surface area contributed by atoms with Gasteiger partial charge in [-0.25, -0.2) is 65.9 Å². The quantitative estimate of drug-likeness (QED) is 0.0227.